The SMILES string of the molecule is COCc1ccc(C(=O)C(F)F)c(C)c1. The summed E-state index contributed by atoms with van der Waals surface area (Å²) in [4.78, 5) is 11.1. The summed E-state index contributed by atoms with van der Waals surface area (Å²) in [5.41, 5.74) is 1.49. The average molecular weight is 214 g/mol. The van der Waals surface area contributed by atoms with Crippen molar-refractivity contribution in [2.75, 3.05) is 7.11 Å². The van der Waals surface area contributed by atoms with Crippen molar-refractivity contribution in [2.45, 2.75) is 20.0 Å². The number of ether oxygens (including phenoxy) is 1. The lowest BCUT2D eigenvalue weighted by atomic mass is 10.0. The van der Waals surface area contributed by atoms with E-state index in [0.29, 0.717) is 12.2 Å². The first-order chi connectivity index (χ1) is 7.06. The number of carbonyl (C=O) groups excluding carboxylic acids is 1. The highest BCUT2D eigenvalue weighted by Gasteiger charge is 2.19. The van der Waals surface area contributed by atoms with Gasteiger partial charge >= 0.3 is 6.43 Å². The van der Waals surface area contributed by atoms with Crippen LogP contribution in [0.5, 0.6) is 0 Å². The first-order valence-electron chi connectivity index (χ1n) is 4.47. The van der Waals surface area contributed by atoms with Crippen molar-refractivity contribution in [3.8, 4) is 0 Å². The van der Waals surface area contributed by atoms with E-state index in [-0.39, 0.29) is 5.56 Å². The van der Waals surface area contributed by atoms with Crippen molar-refractivity contribution < 1.29 is 18.3 Å². The molecule has 0 aliphatic heterocycles. The summed E-state index contributed by atoms with van der Waals surface area (Å²) >= 11 is 0. The third kappa shape index (κ3) is 2.83. The van der Waals surface area contributed by atoms with Crippen LogP contribution in [-0.4, -0.2) is 19.3 Å². The zero-order valence-corrected chi connectivity index (χ0v) is 8.59. The number of carbonyl (C=O) groups is 1. The lowest BCUT2D eigenvalue weighted by Crippen LogP contribution is -2.12. The van der Waals surface area contributed by atoms with Gasteiger partial charge in [0.2, 0.25) is 5.78 Å². The number of alkyl halides is 2. The Morgan fingerprint density at radius 3 is 2.60 bits per heavy atom. The third-order valence-corrected chi connectivity index (χ3v) is 2.07. The van der Waals surface area contributed by atoms with Gasteiger partial charge in [0.25, 0.3) is 0 Å². The molecule has 82 valence electrons. The van der Waals surface area contributed by atoms with Crippen LogP contribution in [0.3, 0.4) is 0 Å². The van der Waals surface area contributed by atoms with Crippen molar-refractivity contribution in [3.05, 3.63) is 34.9 Å². The molecule has 0 saturated heterocycles. The van der Waals surface area contributed by atoms with Crippen LogP contribution < -0.4 is 0 Å². The molecule has 0 amide bonds. The summed E-state index contributed by atoms with van der Waals surface area (Å²) in [7, 11) is 1.55. The minimum atomic E-state index is -2.95. The Morgan fingerprint density at radius 2 is 2.13 bits per heavy atom. The maximum absolute atomic E-state index is 12.2. The molecule has 0 bridgehead atoms. The number of methoxy groups -OCH3 is 1. The highest BCUT2D eigenvalue weighted by Crippen LogP contribution is 2.15. The first kappa shape index (κ1) is 11.8. The topological polar surface area (TPSA) is 26.3 Å². The molecule has 0 heterocycles. The Labute approximate surface area is 86.9 Å². The molecule has 0 fully saturated rings. The molecule has 1 aromatic rings. The highest BCUT2D eigenvalue weighted by molar-refractivity contribution is 5.99. The number of Topliss-reactive ketones (excluding diaryl/α,β-unsaturated/α-hetero) is 1. The smallest absolute Gasteiger partial charge is 0.300 e. The molecule has 15 heavy (non-hydrogen) atoms. The molecule has 0 aliphatic carbocycles. The number of hydrogen-bond acceptors (Lipinski definition) is 2. The molecule has 2 nitrogen and oxygen atoms in total. The zero-order valence-electron chi connectivity index (χ0n) is 8.59. The Hall–Kier alpha value is -1.29. The van der Waals surface area contributed by atoms with E-state index in [1.165, 1.54) is 6.07 Å². The second-order valence-corrected chi connectivity index (χ2v) is 3.25. The molecule has 0 unspecified atom stereocenters. The van der Waals surface area contributed by atoms with Crippen molar-refractivity contribution in [1.29, 1.82) is 0 Å². The molecule has 1 aromatic carbocycles. The second kappa shape index (κ2) is 4.98. The average Bonchev–Trinajstić information content (AvgIpc) is 2.17. The molecular formula is C11H12F2O2. The fraction of sp³-hybridized carbons (Fsp3) is 0.364. The Morgan fingerprint density at radius 1 is 1.47 bits per heavy atom. The minimum Gasteiger partial charge on any atom is -0.380 e. The standard InChI is InChI=1S/C11H12F2O2/c1-7-5-8(6-15-2)3-4-9(7)10(14)11(12)13/h3-5,11H,6H2,1-2H3. The van der Waals surface area contributed by atoms with Crippen molar-refractivity contribution in [2.24, 2.45) is 0 Å². The maximum atomic E-state index is 12.2. The van der Waals surface area contributed by atoms with E-state index in [2.05, 4.69) is 0 Å². The van der Waals surface area contributed by atoms with E-state index in [1.807, 2.05) is 0 Å². The number of rotatable bonds is 4. The molecule has 0 spiro atoms. The van der Waals surface area contributed by atoms with E-state index in [0.717, 1.165) is 5.56 Å². The van der Waals surface area contributed by atoms with Gasteiger partial charge in [-0.2, -0.15) is 0 Å². The molecule has 4 heteroatoms. The van der Waals surface area contributed by atoms with E-state index in [4.69, 9.17) is 4.74 Å². The summed E-state index contributed by atoms with van der Waals surface area (Å²) in [5, 5.41) is 0. The van der Waals surface area contributed by atoms with Crippen LogP contribution in [0.4, 0.5) is 8.78 Å². The molecule has 0 N–H and O–H groups in total. The lowest BCUT2D eigenvalue weighted by molar-refractivity contribution is 0.0678. The van der Waals surface area contributed by atoms with Crippen LogP contribution in [0.25, 0.3) is 0 Å². The summed E-state index contributed by atoms with van der Waals surface area (Å²) in [5.74, 6) is -1.13. The third-order valence-electron chi connectivity index (χ3n) is 2.07. The predicted molar refractivity (Wildman–Crippen MR) is 52.2 cm³/mol. The molecular weight excluding hydrogens is 202 g/mol. The first-order valence-corrected chi connectivity index (χ1v) is 4.47. The van der Waals surface area contributed by atoms with Gasteiger partial charge in [-0.25, -0.2) is 8.78 Å². The van der Waals surface area contributed by atoms with Crippen LogP contribution in [-0.2, 0) is 11.3 Å². The fourth-order valence-electron chi connectivity index (χ4n) is 1.38. The van der Waals surface area contributed by atoms with Crippen LogP contribution in [0.15, 0.2) is 18.2 Å². The summed E-state index contributed by atoms with van der Waals surface area (Å²) < 4.78 is 29.2. The normalized spacial score (nSPS) is 10.7. The van der Waals surface area contributed by atoms with Crippen molar-refractivity contribution in [3.63, 3.8) is 0 Å². The summed E-state index contributed by atoms with van der Waals surface area (Å²) in [6.45, 7) is 2.04. The summed E-state index contributed by atoms with van der Waals surface area (Å²) in [6, 6.07) is 4.71. The number of halogens is 2. The number of benzene rings is 1. The van der Waals surface area contributed by atoms with Crippen LogP contribution in [0, 0.1) is 6.92 Å². The molecule has 0 radical (unpaired) electrons. The van der Waals surface area contributed by atoms with Crippen molar-refractivity contribution in [1.82, 2.24) is 0 Å². The fourth-order valence-corrected chi connectivity index (χ4v) is 1.38. The quantitative estimate of drug-likeness (QED) is 0.720. The highest BCUT2D eigenvalue weighted by atomic mass is 19.3. The Kier molecular flexibility index (Phi) is 3.91. The van der Waals surface area contributed by atoms with E-state index < -0.39 is 12.2 Å². The van der Waals surface area contributed by atoms with Crippen molar-refractivity contribution >= 4 is 5.78 Å². The Bertz CT molecular complexity index is 362. The van der Waals surface area contributed by atoms with Gasteiger partial charge in [-0.05, 0) is 18.1 Å². The lowest BCUT2D eigenvalue weighted by Gasteiger charge is -2.06. The van der Waals surface area contributed by atoms with E-state index in [9.17, 15) is 13.6 Å². The van der Waals surface area contributed by atoms with Gasteiger partial charge in [0.15, 0.2) is 0 Å². The summed E-state index contributed by atoms with van der Waals surface area (Å²) in [6.07, 6.45) is -2.95. The molecule has 1 rings (SSSR count). The number of ketones is 1. The van der Waals surface area contributed by atoms with Gasteiger partial charge < -0.3 is 4.74 Å². The molecule has 0 aliphatic rings. The van der Waals surface area contributed by atoms with Gasteiger partial charge in [0.05, 0.1) is 6.61 Å². The monoisotopic (exact) mass is 214 g/mol. The molecule has 0 atom stereocenters. The van der Waals surface area contributed by atoms with Gasteiger partial charge in [-0.3, -0.25) is 4.79 Å². The largest absolute Gasteiger partial charge is 0.380 e. The second-order valence-electron chi connectivity index (χ2n) is 3.25. The van der Waals surface area contributed by atoms with Gasteiger partial charge in [0, 0.05) is 12.7 Å². The van der Waals surface area contributed by atoms with E-state index in [1.54, 1.807) is 26.2 Å². The molecule has 0 aromatic heterocycles. The van der Waals surface area contributed by atoms with Gasteiger partial charge in [0.1, 0.15) is 0 Å². The van der Waals surface area contributed by atoms with E-state index >= 15 is 0 Å². The van der Waals surface area contributed by atoms with Crippen LogP contribution >= 0.6 is 0 Å². The molecule has 0 saturated carbocycles. The Balaban J connectivity index is 2.97. The van der Waals surface area contributed by atoms with Crippen LogP contribution in [0.1, 0.15) is 21.5 Å². The number of hydrogen-bond donors (Lipinski definition) is 0. The zero-order chi connectivity index (χ0) is 11.4. The van der Waals surface area contributed by atoms with Gasteiger partial charge in [-0.15, -0.1) is 0 Å². The number of aryl methyl sites for hydroxylation is 1. The van der Waals surface area contributed by atoms with Crippen LogP contribution in [0.2, 0.25) is 0 Å². The maximum Gasteiger partial charge on any atom is 0.300 e. The minimum absolute atomic E-state index is 0.0739. The predicted octanol–water partition coefficient (Wildman–Crippen LogP) is 2.59. The van der Waals surface area contributed by atoms with Gasteiger partial charge in [-0.1, -0.05) is 18.2 Å².